The van der Waals surface area contributed by atoms with Crippen LogP contribution >= 0.6 is 11.6 Å². The molecule has 0 aliphatic heterocycles. The minimum Gasteiger partial charge on any atom is -0.496 e. The van der Waals surface area contributed by atoms with E-state index in [1.165, 1.54) is 38.4 Å². The lowest BCUT2D eigenvalue weighted by atomic mass is 10.2. The Hall–Kier alpha value is -2.69. The molecule has 162 valence electrons. The average molecular weight is 458 g/mol. The van der Waals surface area contributed by atoms with Gasteiger partial charge in [0.2, 0.25) is 15.9 Å². The molecular weight excluding hydrogens is 437 g/mol. The summed E-state index contributed by atoms with van der Waals surface area (Å²) in [4.78, 5) is 24.1. The van der Waals surface area contributed by atoms with Gasteiger partial charge in [0.15, 0.2) is 0 Å². The number of sulfonamides is 1. The van der Waals surface area contributed by atoms with E-state index in [0.29, 0.717) is 10.8 Å². The highest BCUT2D eigenvalue weighted by Gasteiger charge is 2.20. The number of carbonyl (C=O) groups excluding carboxylic acids is 2. The molecule has 2 aromatic rings. The van der Waals surface area contributed by atoms with Crippen LogP contribution in [0, 0.1) is 5.82 Å². The molecule has 2 amide bonds. The molecule has 0 bridgehead atoms. The first-order chi connectivity index (χ1) is 14.1. The molecule has 0 atom stereocenters. The van der Waals surface area contributed by atoms with Crippen molar-refractivity contribution in [2.45, 2.75) is 17.7 Å². The molecule has 2 rings (SSSR count). The number of carbonyl (C=O) groups is 2. The normalized spacial score (nSPS) is 11.2. The van der Waals surface area contributed by atoms with Crippen LogP contribution in [0.1, 0.15) is 23.2 Å². The Bertz CT molecular complexity index is 1020. The van der Waals surface area contributed by atoms with E-state index in [9.17, 15) is 22.4 Å². The van der Waals surface area contributed by atoms with E-state index in [0.717, 1.165) is 16.4 Å². The van der Waals surface area contributed by atoms with E-state index in [1.54, 1.807) is 6.07 Å². The summed E-state index contributed by atoms with van der Waals surface area (Å²) in [5, 5.41) is 0.331. The summed E-state index contributed by atoms with van der Waals surface area (Å²) in [6.45, 7) is 0.0587. The largest absolute Gasteiger partial charge is 0.496 e. The Morgan fingerprint density at radius 1 is 1.13 bits per heavy atom. The van der Waals surface area contributed by atoms with Crippen LogP contribution in [0.2, 0.25) is 5.02 Å². The Morgan fingerprint density at radius 3 is 2.43 bits per heavy atom. The van der Waals surface area contributed by atoms with Gasteiger partial charge >= 0.3 is 0 Å². The molecule has 0 saturated heterocycles. The van der Waals surface area contributed by atoms with Crippen molar-refractivity contribution >= 4 is 33.4 Å². The van der Waals surface area contributed by atoms with Crippen molar-refractivity contribution in [3.05, 3.63) is 58.9 Å². The molecule has 0 aliphatic carbocycles. The number of nitrogens with zero attached hydrogens (tertiary/aromatic N) is 1. The number of halogens is 2. The van der Waals surface area contributed by atoms with Gasteiger partial charge in [-0.1, -0.05) is 11.6 Å². The zero-order valence-electron chi connectivity index (χ0n) is 16.3. The number of hydrogen-bond acceptors (Lipinski definition) is 5. The van der Waals surface area contributed by atoms with Crippen molar-refractivity contribution in [1.29, 1.82) is 0 Å². The van der Waals surface area contributed by atoms with E-state index >= 15 is 0 Å². The van der Waals surface area contributed by atoms with Crippen LogP contribution < -0.4 is 15.6 Å². The predicted octanol–water partition coefficient (Wildman–Crippen LogP) is 2.35. The zero-order valence-corrected chi connectivity index (χ0v) is 17.9. The van der Waals surface area contributed by atoms with Crippen LogP contribution in [0.5, 0.6) is 5.75 Å². The van der Waals surface area contributed by atoms with Gasteiger partial charge in [0, 0.05) is 25.0 Å². The number of hydrazine groups is 1. The maximum atomic E-state index is 13.0. The van der Waals surface area contributed by atoms with E-state index in [-0.39, 0.29) is 29.8 Å². The van der Waals surface area contributed by atoms with Crippen molar-refractivity contribution in [2.75, 3.05) is 20.7 Å². The Kier molecular flexibility index (Phi) is 8.16. The van der Waals surface area contributed by atoms with Gasteiger partial charge in [-0.05, 0) is 48.9 Å². The lowest BCUT2D eigenvalue weighted by Gasteiger charge is -2.17. The van der Waals surface area contributed by atoms with Gasteiger partial charge < -0.3 is 4.74 Å². The van der Waals surface area contributed by atoms with Crippen LogP contribution in [0.3, 0.4) is 0 Å². The zero-order chi connectivity index (χ0) is 22.3. The summed E-state index contributed by atoms with van der Waals surface area (Å²) in [6.07, 6.45) is 0.176. The molecule has 2 N–H and O–H groups in total. The van der Waals surface area contributed by atoms with E-state index in [4.69, 9.17) is 16.3 Å². The fraction of sp³-hybridized carbons (Fsp3) is 0.263. The summed E-state index contributed by atoms with van der Waals surface area (Å²) in [5.74, 6) is -1.36. The number of benzene rings is 2. The average Bonchev–Trinajstić information content (AvgIpc) is 2.72. The minimum absolute atomic E-state index is 0.0315. The van der Waals surface area contributed by atoms with Crippen molar-refractivity contribution in [3.63, 3.8) is 0 Å². The van der Waals surface area contributed by atoms with Crippen LogP contribution in [0.25, 0.3) is 0 Å². The monoisotopic (exact) mass is 457 g/mol. The molecule has 0 spiro atoms. The fourth-order valence-electron chi connectivity index (χ4n) is 2.48. The van der Waals surface area contributed by atoms with Crippen molar-refractivity contribution < 1.29 is 27.1 Å². The van der Waals surface area contributed by atoms with Crippen molar-refractivity contribution in [2.24, 2.45) is 0 Å². The molecular formula is C19H21ClFN3O5S. The predicted molar refractivity (Wildman–Crippen MR) is 109 cm³/mol. The maximum absolute atomic E-state index is 13.0. The topological polar surface area (TPSA) is 105 Å². The second-order valence-electron chi connectivity index (χ2n) is 6.23. The first kappa shape index (κ1) is 23.6. The molecule has 0 unspecified atom stereocenters. The summed E-state index contributed by atoms with van der Waals surface area (Å²) >= 11 is 5.87. The van der Waals surface area contributed by atoms with Gasteiger partial charge in [0.05, 0.1) is 17.6 Å². The lowest BCUT2D eigenvalue weighted by Crippen LogP contribution is -2.42. The van der Waals surface area contributed by atoms with Gasteiger partial charge in [-0.2, -0.15) is 0 Å². The Balaban J connectivity index is 1.83. The van der Waals surface area contributed by atoms with Crippen LogP contribution in [-0.4, -0.2) is 45.2 Å². The minimum atomic E-state index is -3.79. The van der Waals surface area contributed by atoms with Crippen LogP contribution in [-0.2, 0) is 14.8 Å². The van der Waals surface area contributed by atoms with Gasteiger partial charge in [0.1, 0.15) is 11.6 Å². The number of amides is 2. The summed E-state index contributed by atoms with van der Waals surface area (Å²) in [7, 11) is -1.03. The number of nitrogens with one attached hydrogen (secondary N) is 2. The lowest BCUT2D eigenvalue weighted by molar-refractivity contribution is -0.122. The third kappa shape index (κ3) is 6.15. The third-order valence-corrected chi connectivity index (χ3v) is 6.23. The molecule has 0 radical (unpaired) electrons. The molecule has 0 aliphatic rings. The quantitative estimate of drug-likeness (QED) is 0.592. The second kappa shape index (κ2) is 10.4. The van der Waals surface area contributed by atoms with Gasteiger partial charge in [0.25, 0.3) is 5.91 Å². The number of hydrogen-bond donors (Lipinski definition) is 2. The molecule has 2 aromatic carbocycles. The standard InChI is InChI=1S/C19H21ClFN3O5S/c1-24(30(27,28)15-8-6-14(21)7-9-15)11-3-4-18(25)22-23-19(26)16-12-13(20)5-10-17(16)29-2/h5-10,12H,3-4,11H2,1-2H3,(H,22,25)(H,23,26). The van der Waals surface area contributed by atoms with Crippen molar-refractivity contribution in [3.8, 4) is 5.75 Å². The summed E-state index contributed by atoms with van der Waals surface area (Å²) in [6, 6.07) is 8.96. The maximum Gasteiger partial charge on any atom is 0.273 e. The van der Waals surface area contributed by atoms with E-state index in [1.807, 2.05) is 0 Å². The molecule has 0 aromatic heterocycles. The van der Waals surface area contributed by atoms with Crippen LogP contribution in [0.15, 0.2) is 47.4 Å². The molecule has 8 nitrogen and oxygen atoms in total. The van der Waals surface area contributed by atoms with E-state index < -0.39 is 27.7 Å². The third-order valence-electron chi connectivity index (χ3n) is 4.12. The highest BCUT2D eigenvalue weighted by atomic mass is 35.5. The highest BCUT2D eigenvalue weighted by molar-refractivity contribution is 7.89. The molecule has 11 heteroatoms. The highest BCUT2D eigenvalue weighted by Crippen LogP contribution is 2.22. The fourth-order valence-corrected chi connectivity index (χ4v) is 3.86. The molecule has 0 saturated carbocycles. The first-order valence-electron chi connectivity index (χ1n) is 8.80. The van der Waals surface area contributed by atoms with E-state index in [2.05, 4.69) is 10.9 Å². The molecule has 0 fully saturated rings. The molecule has 0 heterocycles. The Labute approximate surface area is 179 Å². The number of methoxy groups -OCH3 is 1. The number of ether oxygens (including phenoxy) is 1. The van der Waals surface area contributed by atoms with Gasteiger partial charge in [-0.15, -0.1) is 0 Å². The van der Waals surface area contributed by atoms with Gasteiger partial charge in [-0.25, -0.2) is 17.1 Å². The Morgan fingerprint density at radius 2 is 1.80 bits per heavy atom. The SMILES string of the molecule is COc1ccc(Cl)cc1C(=O)NNC(=O)CCCN(C)S(=O)(=O)c1ccc(F)cc1. The second-order valence-corrected chi connectivity index (χ2v) is 8.71. The van der Waals surface area contributed by atoms with Gasteiger partial charge in [-0.3, -0.25) is 20.4 Å². The number of rotatable bonds is 8. The van der Waals surface area contributed by atoms with Crippen molar-refractivity contribution in [1.82, 2.24) is 15.2 Å². The summed E-state index contributed by atoms with van der Waals surface area (Å²) < 4.78 is 43.9. The first-order valence-corrected chi connectivity index (χ1v) is 10.6. The summed E-state index contributed by atoms with van der Waals surface area (Å²) in [5.41, 5.74) is 4.66. The molecule has 30 heavy (non-hydrogen) atoms. The smallest absolute Gasteiger partial charge is 0.273 e. The van der Waals surface area contributed by atoms with Crippen LogP contribution in [0.4, 0.5) is 4.39 Å².